The Balaban J connectivity index is 1.42. The van der Waals surface area contributed by atoms with Crippen LogP contribution in [0.4, 0.5) is 0 Å². The van der Waals surface area contributed by atoms with Gasteiger partial charge in [0, 0.05) is 34.9 Å². The quantitative estimate of drug-likeness (QED) is 0.345. The molecule has 2 fully saturated rings. The number of halogens is 2. The lowest BCUT2D eigenvalue weighted by Gasteiger charge is -2.37. The fourth-order valence-corrected chi connectivity index (χ4v) is 8.61. The fraction of sp³-hybridized carbons (Fsp3) is 0.485. The number of nitrogens with zero attached hydrogens (tertiary/aromatic N) is 4. The summed E-state index contributed by atoms with van der Waals surface area (Å²) in [7, 11) is 0. The van der Waals surface area contributed by atoms with Crippen molar-refractivity contribution >= 4 is 51.9 Å². The minimum Gasteiger partial charge on any atom is -0.378 e. The number of likely N-dealkylation sites (tertiary alicyclic amines) is 1. The zero-order valence-electron chi connectivity index (χ0n) is 25.1. The predicted molar refractivity (Wildman–Crippen MR) is 173 cm³/mol. The number of carbonyl (C=O) groups excluding carboxylic acids is 2. The van der Waals surface area contributed by atoms with Gasteiger partial charge < -0.3 is 19.4 Å². The van der Waals surface area contributed by atoms with E-state index < -0.39 is 11.6 Å². The van der Waals surface area contributed by atoms with E-state index in [1.54, 1.807) is 0 Å². The molecule has 0 unspecified atom stereocenters. The van der Waals surface area contributed by atoms with Crippen LogP contribution in [0.25, 0.3) is 0 Å². The molecule has 2 aromatic rings. The van der Waals surface area contributed by atoms with Crippen LogP contribution in [0.15, 0.2) is 64.1 Å². The summed E-state index contributed by atoms with van der Waals surface area (Å²) in [6, 6.07) is 15.1. The first-order valence-corrected chi connectivity index (χ1v) is 16.7. The number of ether oxygens (including phenoxy) is 1. The van der Waals surface area contributed by atoms with Crippen LogP contribution >= 0.6 is 35.0 Å². The van der Waals surface area contributed by atoms with E-state index in [0.29, 0.717) is 47.7 Å². The highest BCUT2D eigenvalue weighted by atomic mass is 35.5. The van der Waals surface area contributed by atoms with Crippen molar-refractivity contribution in [1.82, 2.24) is 14.7 Å². The van der Waals surface area contributed by atoms with E-state index in [1.807, 2.05) is 58.3 Å². The van der Waals surface area contributed by atoms with Gasteiger partial charge in [0.2, 0.25) is 5.91 Å². The summed E-state index contributed by atoms with van der Waals surface area (Å²) >= 11 is 14.0. The number of hydrogen-bond acceptors (Lipinski definition) is 6. The smallest absolute Gasteiger partial charge is 0.263 e. The Kier molecular flexibility index (Phi) is 8.59. The largest absolute Gasteiger partial charge is 0.378 e. The maximum Gasteiger partial charge on any atom is 0.263 e. The average molecular weight is 642 g/mol. The maximum atomic E-state index is 14.7. The van der Waals surface area contributed by atoms with Crippen molar-refractivity contribution in [2.24, 2.45) is 10.9 Å². The number of morpholine rings is 1. The second kappa shape index (κ2) is 12.1. The number of hydrogen-bond donors (Lipinski definition) is 0. The molecule has 0 saturated carbocycles. The zero-order valence-corrected chi connectivity index (χ0v) is 27.4. The van der Waals surface area contributed by atoms with Crippen LogP contribution in [0.2, 0.25) is 10.0 Å². The minimum atomic E-state index is -0.635. The number of thioether (sulfide) groups is 1. The molecule has 0 aliphatic carbocycles. The van der Waals surface area contributed by atoms with Crippen molar-refractivity contribution in [3.63, 3.8) is 0 Å². The molecule has 2 aromatic carbocycles. The second-order valence-corrected chi connectivity index (χ2v) is 14.0. The van der Waals surface area contributed by atoms with Crippen LogP contribution in [0.5, 0.6) is 0 Å². The van der Waals surface area contributed by atoms with Crippen molar-refractivity contribution in [3.05, 3.63) is 80.3 Å². The molecule has 6 rings (SSSR count). The minimum absolute atomic E-state index is 0.0211. The highest BCUT2D eigenvalue weighted by Crippen LogP contribution is 2.56. The number of allylic oxidation sites excluding steroid dienone is 1. The van der Waals surface area contributed by atoms with E-state index in [4.69, 9.17) is 32.9 Å². The molecule has 0 radical (unpaired) electrons. The lowest BCUT2D eigenvalue weighted by Crippen LogP contribution is -2.52. The Morgan fingerprint density at radius 2 is 1.65 bits per heavy atom. The standard InChI is InChI=1S/C33H38Cl2N4O3S/c1-5-25-14-15-26(30(40)37-16-18-42-19-17-37)38(25)31(41)28-27(20(2)3)39-29(21-6-10-23(34)11-7-21)33(4,36-32(39)43-28)22-8-12-24(35)13-9-22/h6-13,20,25-26,29H,5,14-19H2,1-4H3/t25-,26+,29-,33+/m1/s1. The van der Waals surface area contributed by atoms with Crippen LogP contribution in [-0.4, -0.2) is 70.1 Å². The van der Waals surface area contributed by atoms with Crippen molar-refractivity contribution in [2.75, 3.05) is 26.3 Å². The summed E-state index contributed by atoms with van der Waals surface area (Å²) in [5.41, 5.74) is 2.41. The molecule has 4 aliphatic heterocycles. The topological polar surface area (TPSA) is 65.5 Å². The molecule has 0 N–H and O–H groups in total. The van der Waals surface area contributed by atoms with Gasteiger partial charge in [-0.1, -0.05) is 68.2 Å². The van der Waals surface area contributed by atoms with Crippen molar-refractivity contribution in [3.8, 4) is 0 Å². The van der Waals surface area contributed by atoms with Crippen LogP contribution in [0, 0.1) is 5.92 Å². The average Bonchev–Trinajstić information content (AvgIpc) is 3.68. The Morgan fingerprint density at radius 3 is 2.26 bits per heavy atom. The molecular weight excluding hydrogens is 603 g/mol. The Bertz CT molecular complexity index is 1460. The van der Waals surface area contributed by atoms with E-state index >= 15 is 0 Å². The van der Waals surface area contributed by atoms with Crippen LogP contribution in [-0.2, 0) is 19.9 Å². The molecule has 0 bridgehead atoms. The molecule has 2 saturated heterocycles. The van der Waals surface area contributed by atoms with E-state index in [0.717, 1.165) is 34.8 Å². The normalized spacial score (nSPS) is 27.3. The number of fused-ring (bicyclic) bond motifs is 1. The summed E-state index contributed by atoms with van der Waals surface area (Å²) in [4.78, 5) is 40.4. The number of rotatable bonds is 6. The van der Waals surface area contributed by atoms with Gasteiger partial charge in [0.05, 0.1) is 19.3 Å². The Hall–Kier alpha value is -2.52. The highest BCUT2D eigenvalue weighted by Gasteiger charge is 2.54. The molecule has 43 heavy (non-hydrogen) atoms. The number of aliphatic imine (C=N–C) groups is 1. The molecule has 2 amide bonds. The number of amides is 2. The number of carbonyl (C=O) groups is 2. The predicted octanol–water partition coefficient (Wildman–Crippen LogP) is 6.86. The summed E-state index contributed by atoms with van der Waals surface area (Å²) in [6.07, 6.45) is 2.31. The third-order valence-corrected chi connectivity index (χ3v) is 10.7. The lowest BCUT2D eigenvalue weighted by molar-refractivity contribution is -0.146. The molecule has 10 heteroatoms. The van der Waals surface area contributed by atoms with Gasteiger partial charge in [0.1, 0.15) is 16.5 Å². The lowest BCUT2D eigenvalue weighted by atomic mass is 9.81. The molecule has 0 aromatic heterocycles. The van der Waals surface area contributed by atoms with Crippen LogP contribution in [0.1, 0.15) is 64.1 Å². The maximum absolute atomic E-state index is 14.7. The SMILES string of the molecule is CC[C@@H]1CC[C@@H](C(=O)N2CCOCC2)N1C(=O)C1=C(C(C)C)N2C(=N[C@@](C)(c3ccc(Cl)cc3)[C@H]2c2ccc(Cl)cc2)S1. The third kappa shape index (κ3) is 5.39. The van der Waals surface area contributed by atoms with Gasteiger partial charge in [0.15, 0.2) is 5.17 Å². The van der Waals surface area contributed by atoms with Gasteiger partial charge >= 0.3 is 0 Å². The van der Waals surface area contributed by atoms with Crippen molar-refractivity contribution in [2.45, 2.75) is 70.6 Å². The van der Waals surface area contributed by atoms with E-state index in [1.165, 1.54) is 11.8 Å². The summed E-state index contributed by atoms with van der Waals surface area (Å²) in [5.74, 6) is 0.0110. The molecule has 7 nitrogen and oxygen atoms in total. The summed E-state index contributed by atoms with van der Waals surface area (Å²) < 4.78 is 5.48. The molecule has 4 heterocycles. The van der Waals surface area contributed by atoms with Crippen LogP contribution in [0.3, 0.4) is 0 Å². The highest BCUT2D eigenvalue weighted by molar-refractivity contribution is 8.18. The first kappa shape index (κ1) is 30.5. The number of benzene rings is 2. The van der Waals surface area contributed by atoms with E-state index in [2.05, 4.69) is 32.6 Å². The van der Waals surface area contributed by atoms with Gasteiger partial charge in [-0.15, -0.1) is 0 Å². The van der Waals surface area contributed by atoms with E-state index in [-0.39, 0.29) is 29.8 Å². The van der Waals surface area contributed by atoms with E-state index in [9.17, 15) is 9.59 Å². The third-order valence-electron chi connectivity index (χ3n) is 9.18. The first-order valence-electron chi connectivity index (χ1n) is 15.2. The molecule has 0 spiro atoms. The second-order valence-electron chi connectivity index (χ2n) is 12.1. The monoisotopic (exact) mass is 640 g/mol. The molecular formula is C33H38Cl2N4O3S. The van der Waals surface area contributed by atoms with Gasteiger partial charge in [-0.25, -0.2) is 4.99 Å². The molecule has 4 atom stereocenters. The molecule has 228 valence electrons. The van der Waals surface area contributed by atoms with Gasteiger partial charge in [-0.2, -0.15) is 0 Å². The van der Waals surface area contributed by atoms with Crippen molar-refractivity contribution in [1.29, 1.82) is 0 Å². The fourth-order valence-electron chi connectivity index (χ4n) is 7.01. The van der Waals surface area contributed by atoms with Crippen LogP contribution < -0.4 is 0 Å². The molecule has 4 aliphatic rings. The summed E-state index contributed by atoms with van der Waals surface area (Å²) in [6.45, 7) is 10.7. The zero-order chi connectivity index (χ0) is 30.5. The summed E-state index contributed by atoms with van der Waals surface area (Å²) in [5, 5.41) is 2.13. The number of amidine groups is 1. The van der Waals surface area contributed by atoms with Gasteiger partial charge in [-0.3, -0.25) is 9.59 Å². The van der Waals surface area contributed by atoms with Gasteiger partial charge in [-0.05, 0) is 79.3 Å². The van der Waals surface area contributed by atoms with Crippen molar-refractivity contribution < 1.29 is 14.3 Å². The Morgan fingerprint density at radius 1 is 1.02 bits per heavy atom. The van der Waals surface area contributed by atoms with Gasteiger partial charge in [0.25, 0.3) is 5.91 Å². The first-order chi connectivity index (χ1) is 20.6. The Labute approximate surface area is 268 Å².